The number of hydrogen-bond acceptors (Lipinski definition) is 3. The van der Waals surface area contributed by atoms with Crippen molar-refractivity contribution in [3.05, 3.63) is 41.7 Å². The van der Waals surface area contributed by atoms with Crippen LogP contribution in [0.15, 0.2) is 30.3 Å². The lowest BCUT2D eigenvalue weighted by atomic mass is 10.0. The Morgan fingerprint density at radius 3 is 2.52 bits per heavy atom. The first-order valence-electron chi connectivity index (χ1n) is 8.01. The molecule has 132 valence electrons. The highest BCUT2D eigenvalue weighted by Crippen LogP contribution is 2.31. The summed E-state index contributed by atoms with van der Waals surface area (Å²) in [5.41, 5.74) is 0.574. The summed E-state index contributed by atoms with van der Waals surface area (Å²) in [4.78, 5) is 23.3. The van der Waals surface area contributed by atoms with Gasteiger partial charge in [0.2, 0.25) is 0 Å². The van der Waals surface area contributed by atoms with Gasteiger partial charge in [0.15, 0.2) is 0 Å². The number of hydrogen-bond donors (Lipinski definition) is 2. The minimum absolute atomic E-state index is 0.152. The second-order valence-electron chi connectivity index (χ2n) is 6.12. The lowest BCUT2D eigenvalue weighted by Crippen LogP contribution is -2.41. The highest BCUT2D eigenvalue weighted by molar-refractivity contribution is 5.90. The minimum atomic E-state index is -0.956. The Labute approximate surface area is 143 Å². The van der Waals surface area contributed by atoms with Gasteiger partial charge in [0, 0.05) is 31.3 Å². The van der Waals surface area contributed by atoms with Gasteiger partial charge in [0.1, 0.15) is 17.7 Å². The highest BCUT2D eigenvalue weighted by Gasteiger charge is 2.24. The Balaban J connectivity index is 1.87. The predicted octanol–water partition coefficient (Wildman–Crippen LogP) is 3.13. The summed E-state index contributed by atoms with van der Waals surface area (Å²) in [6.07, 6.45) is -0.226. The number of likely N-dealkylation sites (tertiary alicyclic amines) is 1. The van der Waals surface area contributed by atoms with E-state index in [2.05, 4.69) is 0 Å². The van der Waals surface area contributed by atoms with Crippen LogP contribution in [0.1, 0.15) is 18.4 Å². The van der Waals surface area contributed by atoms with Crippen LogP contribution in [-0.2, 0) is 11.2 Å². The van der Waals surface area contributed by atoms with E-state index >= 15 is 0 Å². The van der Waals surface area contributed by atoms with Crippen molar-refractivity contribution in [1.82, 2.24) is 4.90 Å². The number of carboxylic acids is 1. The quantitative estimate of drug-likeness (QED) is 0.887. The number of carbonyl (C=O) groups is 2. The van der Waals surface area contributed by atoms with Crippen LogP contribution in [0.5, 0.6) is 5.75 Å². The molecule has 1 saturated heterocycles. The lowest BCUT2D eigenvalue weighted by Gasteiger charge is -2.30. The molecular weight excluding hydrogens is 329 g/mol. The van der Waals surface area contributed by atoms with Crippen LogP contribution in [0.3, 0.4) is 0 Å². The Kier molecular flexibility index (Phi) is 4.74. The number of carboxylic acid groups (broad SMARTS) is 2. The van der Waals surface area contributed by atoms with Crippen molar-refractivity contribution in [2.24, 2.45) is 0 Å². The zero-order chi connectivity index (χ0) is 18.0. The zero-order valence-corrected chi connectivity index (χ0v) is 13.4. The minimum Gasteiger partial charge on any atom is -0.490 e. The van der Waals surface area contributed by atoms with Crippen molar-refractivity contribution in [2.75, 3.05) is 13.1 Å². The van der Waals surface area contributed by atoms with Gasteiger partial charge in [0.25, 0.3) is 0 Å². The molecule has 0 unspecified atom stereocenters. The first kappa shape index (κ1) is 17.0. The zero-order valence-electron chi connectivity index (χ0n) is 13.4. The van der Waals surface area contributed by atoms with E-state index in [0.29, 0.717) is 48.0 Å². The second kappa shape index (κ2) is 6.96. The van der Waals surface area contributed by atoms with Gasteiger partial charge in [0.05, 0.1) is 6.42 Å². The molecular formula is C18H18FNO5. The number of nitrogens with zero attached hydrogens (tertiary/aromatic N) is 1. The third-order valence-corrected chi connectivity index (χ3v) is 4.30. The van der Waals surface area contributed by atoms with E-state index < -0.39 is 17.9 Å². The fourth-order valence-electron chi connectivity index (χ4n) is 3.07. The van der Waals surface area contributed by atoms with Crippen LogP contribution in [0.2, 0.25) is 0 Å². The molecule has 0 aromatic heterocycles. The number of aliphatic carboxylic acids is 1. The lowest BCUT2D eigenvalue weighted by molar-refractivity contribution is -0.136. The topological polar surface area (TPSA) is 87.1 Å². The Bertz CT molecular complexity index is 814. The number of halogens is 1. The maximum absolute atomic E-state index is 13.6. The molecule has 1 fully saturated rings. The van der Waals surface area contributed by atoms with Gasteiger partial charge in [-0.15, -0.1) is 0 Å². The van der Waals surface area contributed by atoms with E-state index in [4.69, 9.17) is 14.9 Å². The molecule has 2 aromatic rings. The summed E-state index contributed by atoms with van der Waals surface area (Å²) in [5.74, 6) is -0.923. The van der Waals surface area contributed by atoms with Crippen LogP contribution in [0.4, 0.5) is 9.18 Å². The molecule has 0 saturated carbocycles. The van der Waals surface area contributed by atoms with E-state index in [1.165, 1.54) is 17.0 Å². The molecule has 1 amide bonds. The molecule has 1 heterocycles. The molecule has 2 aromatic carbocycles. The van der Waals surface area contributed by atoms with Crippen molar-refractivity contribution in [1.29, 1.82) is 0 Å². The van der Waals surface area contributed by atoms with Gasteiger partial charge in [-0.1, -0.05) is 12.1 Å². The molecule has 7 heteroatoms. The van der Waals surface area contributed by atoms with Crippen molar-refractivity contribution in [3.63, 3.8) is 0 Å². The number of amides is 1. The number of fused-ring (bicyclic) bond motifs is 1. The number of rotatable bonds is 4. The Morgan fingerprint density at radius 1 is 1.16 bits per heavy atom. The first-order chi connectivity index (χ1) is 11.9. The van der Waals surface area contributed by atoms with Crippen molar-refractivity contribution < 1.29 is 28.9 Å². The SMILES string of the molecule is O=C(O)Cc1cc(OC2CCN(C(=O)O)CC2)c2cc(F)ccc2c1. The molecule has 1 aliphatic rings. The number of piperidine rings is 1. The molecule has 0 aliphatic carbocycles. The monoisotopic (exact) mass is 347 g/mol. The van der Waals surface area contributed by atoms with E-state index in [-0.39, 0.29) is 12.5 Å². The standard InChI is InChI=1S/C18H18FNO5/c19-13-2-1-12-7-11(9-17(21)22)8-16(15(12)10-13)25-14-3-5-20(6-4-14)18(23)24/h1-2,7-8,10,14H,3-6,9H2,(H,21,22)(H,23,24). The van der Waals surface area contributed by atoms with Gasteiger partial charge < -0.3 is 19.8 Å². The average Bonchev–Trinajstić information content (AvgIpc) is 2.55. The van der Waals surface area contributed by atoms with E-state index in [1.807, 2.05) is 0 Å². The average molecular weight is 347 g/mol. The molecule has 2 N–H and O–H groups in total. The van der Waals surface area contributed by atoms with Gasteiger partial charge in [-0.25, -0.2) is 9.18 Å². The number of benzene rings is 2. The third kappa shape index (κ3) is 3.99. The van der Waals surface area contributed by atoms with Gasteiger partial charge in [-0.3, -0.25) is 4.79 Å². The first-order valence-corrected chi connectivity index (χ1v) is 8.01. The fraction of sp³-hybridized carbons (Fsp3) is 0.333. The van der Waals surface area contributed by atoms with E-state index in [1.54, 1.807) is 18.2 Å². The molecule has 0 bridgehead atoms. The summed E-state index contributed by atoms with van der Waals surface area (Å²) < 4.78 is 19.6. The summed E-state index contributed by atoms with van der Waals surface area (Å²) >= 11 is 0. The normalized spacial score (nSPS) is 15.3. The fourth-order valence-corrected chi connectivity index (χ4v) is 3.07. The Morgan fingerprint density at radius 2 is 1.88 bits per heavy atom. The van der Waals surface area contributed by atoms with Crippen molar-refractivity contribution in [2.45, 2.75) is 25.4 Å². The second-order valence-corrected chi connectivity index (χ2v) is 6.12. The van der Waals surface area contributed by atoms with Crippen molar-refractivity contribution in [3.8, 4) is 5.75 Å². The number of ether oxygens (including phenoxy) is 1. The molecule has 0 atom stereocenters. The molecule has 6 nitrogen and oxygen atoms in total. The molecule has 0 radical (unpaired) electrons. The van der Waals surface area contributed by atoms with Crippen LogP contribution < -0.4 is 4.74 Å². The predicted molar refractivity (Wildman–Crippen MR) is 88.5 cm³/mol. The summed E-state index contributed by atoms with van der Waals surface area (Å²) in [6, 6.07) is 7.61. The van der Waals surface area contributed by atoms with Gasteiger partial charge in [-0.05, 0) is 29.1 Å². The molecule has 3 rings (SSSR count). The van der Waals surface area contributed by atoms with Gasteiger partial charge in [-0.2, -0.15) is 0 Å². The summed E-state index contributed by atoms with van der Waals surface area (Å²) in [6.45, 7) is 0.752. The summed E-state index contributed by atoms with van der Waals surface area (Å²) in [5, 5.41) is 19.3. The maximum atomic E-state index is 13.6. The van der Waals surface area contributed by atoms with Crippen LogP contribution in [-0.4, -0.2) is 46.4 Å². The molecule has 25 heavy (non-hydrogen) atoms. The van der Waals surface area contributed by atoms with Crippen molar-refractivity contribution >= 4 is 22.8 Å². The van der Waals surface area contributed by atoms with E-state index in [0.717, 1.165) is 0 Å². The van der Waals surface area contributed by atoms with Crippen LogP contribution >= 0.6 is 0 Å². The van der Waals surface area contributed by atoms with Crippen LogP contribution in [0, 0.1) is 5.82 Å². The van der Waals surface area contributed by atoms with E-state index in [9.17, 15) is 14.0 Å². The maximum Gasteiger partial charge on any atom is 0.407 e. The largest absolute Gasteiger partial charge is 0.490 e. The molecule has 0 spiro atoms. The van der Waals surface area contributed by atoms with Crippen LogP contribution in [0.25, 0.3) is 10.8 Å². The highest BCUT2D eigenvalue weighted by atomic mass is 19.1. The van der Waals surface area contributed by atoms with Gasteiger partial charge >= 0.3 is 12.1 Å². The third-order valence-electron chi connectivity index (χ3n) is 4.30. The summed E-state index contributed by atoms with van der Waals surface area (Å²) in [7, 11) is 0. The smallest absolute Gasteiger partial charge is 0.407 e. The molecule has 1 aliphatic heterocycles. The Hall–Kier alpha value is -2.83.